The Morgan fingerprint density at radius 2 is 1.84 bits per heavy atom. The van der Waals surface area contributed by atoms with Crippen LogP contribution in [-0.4, -0.2) is 23.9 Å². The fourth-order valence-electron chi connectivity index (χ4n) is 1.42. The van der Waals surface area contributed by atoms with Crippen LogP contribution in [0.5, 0.6) is 5.75 Å². The summed E-state index contributed by atoms with van der Waals surface area (Å²) in [5.74, 6) is 0.133. The van der Waals surface area contributed by atoms with Gasteiger partial charge < -0.3 is 15.2 Å². The summed E-state index contributed by atoms with van der Waals surface area (Å²) in [5.41, 5.74) is -2.03. The van der Waals surface area contributed by atoms with E-state index in [1.165, 1.54) is 33.1 Å². The molecule has 1 unspecified atom stereocenters. The Morgan fingerprint density at radius 3 is 2.26 bits per heavy atom. The first kappa shape index (κ1) is 15.6. The molecule has 0 aliphatic carbocycles. The molecule has 1 atom stereocenters. The molecule has 0 radical (unpaired) electrons. The van der Waals surface area contributed by atoms with Crippen molar-refractivity contribution in [3.63, 3.8) is 0 Å². The zero-order valence-electron chi connectivity index (χ0n) is 11.3. The maximum Gasteiger partial charge on any atom is 0.418 e. The minimum absolute atomic E-state index is 0.0806. The highest BCUT2D eigenvalue weighted by Gasteiger charge is 2.35. The molecule has 2 N–H and O–H groups in total. The third-order valence-electron chi connectivity index (χ3n) is 2.96. The standard InChI is InChI=1S/C13H18F3NO2/c1-8(12(2,3)18)17-11-6-5-9(19-4)7-10(11)13(14,15)16/h5-8,17-18H,1-4H3. The molecule has 0 fully saturated rings. The topological polar surface area (TPSA) is 41.5 Å². The number of nitrogens with one attached hydrogen (secondary N) is 1. The molecular weight excluding hydrogens is 259 g/mol. The number of halogens is 3. The Balaban J connectivity index is 3.14. The first-order chi connectivity index (χ1) is 8.55. The van der Waals surface area contributed by atoms with Crippen molar-refractivity contribution in [1.29, 1.82) is 0 Å². The van der Waals surface area contributed by atoms with E-state index in [0.717, 1.165) is 6.07 Å². The molecule has 0 bridgehead atoms. The van der Waals surface area contributed by atoms with Crippen LogP contribution in [0.1, 0.15) is 26.3 Å². The van der Waals surface area contributed by atoms with Gasteiger partial charge in [0, 0.05) is 5.69 Å². The molecule has 1 aromatic rings. The highest BCUT2D eigenvalue weighted by molar-refractivity contribution is 5.56. The van der Waals surface area contributed by atoms with Crippen LogP contribution in [0, 0.1) is 0 Å². The van der Waals surface area contributed by atoms with E-state index >= 15 is 0 Å². The lowest BCUT2D eigenvalue weighted by Gasteiger charge is -2.29. The van der Waals surface area contributed by atoms with E-state index in [0.29, 0.717) is 0 Å². The van der Waals surface area contributed by atoms with Crippen molar-refractivity contribution < 1.29 is 23.0 Å². The number of anilines is 1. The number of hydrogen-bond acceptors (Lipinski definition) is 3. The molecule has 0 aliphatic rings. The zero-order valence-corrected chi connectivity index (χ0v) is 11.3. The van der Waals surface area contributed by atoms with Gasteiger partial charge in [-0.25, -0.2) is 0 Å². The Bertz CT molecular complexity index is 438. The number of hydrogen-bond donors (Lipinski definition) is 2. The number of ether oxygens (including phenoxy) is 1. The summed E-state index contributed by atoms with van der Waals surface area (Å²) in [4.78, 5) is 0. The van der Waals surface area contributed by atoms with Gasteiger partial charge in [-0.3, -0.25) is 0 Å². The van der Waals surface area contributed by atoms with Gasteiger partial charge in [-0.15, -0.1) is 0 Å². The summed E-state index contributed by atoms with van der Waals surface area (Å²) < 4.78 is 43.7. The van der Waals surface area contributed by atoms with Crippen molar-refractivity contribution in [2.45, 2.75) is 38.6 Å². The van der Waals surface area contributed by atoms with Gasteiger partial charge >= 0.3 is 6.18 Å². The van der Waals surface area contributed by atoms with E-state index in [4.69, 9.17) is 4.74 Å². The molecule has 0 aromatic heterocycles. The second-order valence-corrected chi connectivity index (χ2v) is 4.93. The number of aliphatic hydroxyl groups is 1. The number of methoxy groups -OCH3 is 1. The Kier molecular flexibility index (Phi) is 4.35. The van der Waals surface area contributed by atoms with Gasteiger partial charge in [0.25, 0.3) is 0 Å². The van der Waals surface area contributed by atoms with Crippen molar-refractivity contribution >= 4 is 5.69 Å². The Labute approximate surface area is 110 Å². The minimum Gasteiger partial charge on any atom is -0.497 e. The molecule has 19 heavy (non-hydrogen) atoms. The van der Waals surface area contributed by atoms with E-state index < -0.39 is 23.4 Å². The van der Waals surface area contributed by atoms with Crippen LogP contribution in [0.3, 0.4) is 0 Å². The summed E-state index contributed by atoms with van der Waals surface area (Å²) in [5, 5.41) is 12.5. The van der Waals surface area contributed by atoms with Gasteiger partial charge in [-0.05, 0) is 39.0 Å². The first-order valence-electron chi connectivity index (χ1n) is 5.80. The van der Waals surface area contributed by atoms with Crippen LogP contribution in [0.4, 0.5) is 18.9 Å². The van der Waals surface area contributed by atoms with Crippen LogP contribution in [0.25, 0.3) is 0 Å². The number of alkyl halides is 3. The molecule has 0 amide bonds. The molecule has 0 heterocycles. The summed E-state index contributed by atoms with van der Waals surface area (Å²) in [6, 6.07) is 3.12. The molecule has 1 rings (SSSR count). The second-order valence-electron chi connectivity index (χ2n) is 4.93. The summed E-state index contributed by atoms with van der Waals surface area (Å²) >= 11 is 0. The largest absolute Gasteiger partial charge is 0.497 e. The van der Waals surface area contributed by atoms with Crippen molar-refractivity contribution in [3.05, 3.63) is 23.8 Å². The van der Waals surface area contributed by atoms with E-state index in [9.17, 15) is 18.3 Å². The van der Waals surface area contributed by atoms with Gasteiger partial charge in [0.15, 0.2) is 0 Å². The fourth-order valence-corrected chi connectivity index (χ4v) is 1.42. The zero-order chi connectivity index (χ0) is 14.8. The average Bonchev–Trinajstić information content (AvgIpc) is 2.26. The maximum atomic E-state index is 13.0. The third-order valence-corrected chi connectivity index (χ3v) is 2.96. The molecule has 0 aliphatic heterocycles. The summed E-state index contributed by atoms with van der Waals surface area (Å²) in [7, 11) is 1.31. The van der Waals surface area contributed by atoms with Crippen molar-refractivity contribution in [2.24, 2.45) is 0 Å². The lowest BCUT2D eigenvalue weighted by atomic mass is 10.00. The lowest BCUT2D eigenvalue weighted by molar-refractivity contribution is -0.137. The van der Waals surface area contributed by atoms with Gasteiger partial charge in [0.2, 0.25) is 0 Å². The highest BCUT2D eigenvalue weighted by atomic mass is 19.4. The number of benzene rings is 1. The summed E-state index contributed by atoms with van der Waals surface area (Å²) in [6.07, 6.45) is -4.49. The molecule has 3 nitrogen and oxygen atoms in total. The first-order valence-corrected chi connectivity index (χ1v) is 5.80. The lowest BCUT2D eigenvalue weighted by Crippen LogP contribution is -2.39. The van der Waals surface area contributed by atoms with Gasteiger partial charge in [0.1, 0.15) is 5.75 Å². The van der Waals surface area contributed by atoms with Crippen LogP contribution in [0.15, 0.2) is 18.2 Å². The van der Waals surface area contributed by atoms with Crippen molar-refractivity contribution in [3.8, 4) is 5.75 Å². The number of rotatable bonds is 4. The van der Waals surface area contributed by atoms with E-state index in [-0.39, 0.29) is 11.4 Å². The van der Waals surface area contributed by atoms with Crippen LogP contribution >= 0.6 is 0 Å². The molecule has 108 valence electrons. The monoisotopic (exact) mass is 277 g/mol. The quantitative estimate of drug-likeness (QED) is 0.887. The van der Waals surface area contributed by atoms with Gasteiger partial charge in [0.05, 0.1) is 24.3 Å². The highest BCUT2D eigenvalue weighted by Crippen LogP contribution is 2.37. The molecule has 0 saturated heterocycles. The smallest absolute Gasteiger partial charge is 0.418 e. The van der Waals surface area contributed by atoms with Crippen molar-refractivity contribution in [2.75, 3.05) is 12.4 Å². The van der Waals surface area contributed by atoms with E-state index in [2.05, 4.69) is 5.32 Å². The van der Waals surface area contributed by atoms with E-state index in [1.807, 2.05) is 0 Å². The molecule has 1 aromatic carbocycles. The van der Waals surface area contributed by atoms with Crippen molar-refractivity contribution in [1.82, 2.24) is 0 Å². The van der Waals surface area contributed by atoms with E-state index in [1.54, 1.807) is 6.92 Å². The van der Waals surface area contributed by atoms with Crippen LogP contribution in [0.2, 0.25) is 0 Å². The van der Waals surface area contributed by atoms with Crippen LogP contribution in [-0.2, 0) is 6.18 Å². The second kappa shape index (κ2) is 5.28. The molecular formula is C13H18F3NO2. The normalized spacial score (nSPS) is 14.1. The summed E-state index contributed by atoms with van der Waals surface area (Å²) in [6.45, 7) is 4.67. The predicted octanol–water partition coefficient (Wildman–Crippen LogP) is 3.29. The molecule has 6 heteroatoms. The Hall–Kier alpha value is -1.43. The maximum absolute atomic E-state index is 13.0. The average molecular weight is 277 g/mol. The fraction of sp³-hybridized carbons (Fsp3) is 0.538. The van der Waals surface area contributed by atoms with Crippen LogP contribution < -0.4 is 10.1 Å². The SMILES string of the molecule is COc1ccc(NC(C)C(C)(C)O)c(C(F)(F)F)c1. The molecule has 0 spiro atoms. The van der Waals surface area contributed by atoms with Gasteiger partial charge in [-0.1, -0.05) is 0 Å². The Morgan fingerprint density at radius 1 is 1.26 bits per heavy atom. The minimum atomic E-state index is -4.49. The third kappa shape index (κ3) is 4.02. The van der Waals surface area contributed by atoms with Gasteiger partial charge in [-0.2, -0.15) is 13.2 Å². The predicted molar refractivity (Wildman–Crippen MR) is 67.4 cm³/mol. The molecule has 0 saturated carbocycles.